The molecule has 2 aromatic rings. The first-order valence-electron chi connectivity index (χ1n) is 11.0. The van der Waals surface area contributed by atoms with Gasteiger partial charge in [0.05, 0.1) is 12.3 Å². The maximum absolute atomic E-state index is 11.7. The number of methoxy groups -OCH3 is 1. The van der Waals surface area contributed by atoms with E-state index in [0.717, 1.165) is 59.5 Å². The Hall–Kier alpha value is -2.42. The lowest BCUT2D eigenvalue weighted by atomic mass is 9.89. The van der Waals surface area contributed by atoms with Crippen molar-refractivity contribution in [3.05, 3.63) is 47.8 Å². The molecule has 0 radical (unpaired) electrons. The molecule has 0 aliphatic carbocycles. The second-order valence-electron chi connectivity index (χ2n) is 8.13. The fraction of sp³-hybridized carbons (Fsp3) is 0.458. The van der Waals surface area contributed by atoms with Gasteiger partial charge in [0.1, 0.15) is 11.8 Å². The number of carbonyl (C=O) groups excluding carboxylic acids is 1. The molecule has 0 bridgehead atoms. The highest BCUT2D eigenvalue weighted by Crippen LogP contribution is 2.46. The lowest BCUT2D eigenvalue weighted by molar-refractivity contribution is -0.137. The summed E-state index contributed by atoms with van der Waals surface area (Å²) in [5, 5.41) is 0.901. The fourth-order valence-electron chi connectivity index (χ4n) is 4.30. The van der Waals surface area contributed by atoms with E-state index in [0.29, 0.717) is 19.3 Å². The molecule has 7 nitrogen and oxygen atoms in total. The number of hydrogen-bond donors (Lipinski definition) is 0. The Morgan fingerprint density at radius 2 is 2.03 bits per heavy atom. The molecule has 1 saturated heterocycles. The molecule has 0 amide bonds. The predicted octanol–water partition coefficient (Wildman–Crippen LogP) is 4.40. The average Bonchev–Trinajstić information content (AvgIpc) is 2.80. The third kappa shape index (κ3) is 5.14. The third-order valence-electron chi connectivity index (χ3n) is 5.95. The number of aromatic nitrogens is 2. The summed E-state index contributed by atoms with van der Waals surface area (Å²) in [4.78, 5) is 26.5. The van der Waals surface area contributed by atoms with Gasteiger partial charge in [-0.25, -0.2) is 14.8 Å². The van der Waals surface area contributed by atoms with E-state index >= 15 is 0 Å². The molecule has 1 aromatic heterocycles. The fourth-order valence-corrected chi connectivity index (χ4v) is 5.29. The van der Waals surface area contributed by atoms with Crippen LogP contribution in [0.4, 0.5) is 11.5 Å². The molecule has 32 heavy (non-hydrogen) atoms. The van der Waals surface area contributed by atoms with Gasteiger partial charge in [0.15, 0.2) is 5.82 Å². The first-order chi connectivity index (χ1) is 15.6. The van der Waals surface area contributed by atoms with Crippen molar-refractivity contribution in [1.82, 2.24) is 14.9 Å². The van der Waals surface area contributed by atoms with Gasteiger partial charge in [0.25, 0.3) is 0 Å². The molecule has 4 rings (SSSR count). The van der Waals surface area contributed by atoms with Crippen molar-refractivity contribution in [2.24, 2.45) is 5.92 Å². The van der Waals surface area contributed by atoms with E-state index < -0.39 is 0 Å². The Bertz CT molecular complexity index is 989. The molecule has 0 spiro atoms. The van der Waals surface area contributed by atoms with Gasteiger partial charge in [0, 0.05) is 37.0 Å². The standard InChI is InChI=1S/C24H30N4O3S/c1-4-31-22(29)13-17(2)19-7-11-27(12-8-19)15-18-5-6-21-20(14-18)28(16-30-3)23-24(32-21)26-10-9-25-23/h5-6,9-10,13-14,19H,4,7-8,11-12,15-16H2,1-3H3/b17-13+. The van der Waals surface area contributed by atoms with Crippen molar-refractivity contribution in [1.29, 1.82) is 0 Å². The quantitative estimate of drug-likeness (QED) is 0.450. The van der Waals surface area contributed by atoms with Crippen LogP contribution in [0.25, 0.3) is 0 Å². The molecule has 1 fully saturated rings. The van der Waals surface area contributed by atoms with E-state index in [1.807, 2.05) is 13.8 Å². The molecule has 170 valence electrons. The van der Waals surface area contributed by atoms with Gasteiger partial charge in [-0.1, -0.05) is 23.4 Å². The first-order valence-corrected chi connectivity index (χ1v) is 11.9. The van der Waals surface area contributed by atoms with Crippen molar-refractivity contribution < 1.29 is 14.3 Å². The molecule has 0 unspecified atom stereocenters. The molecule has 0 saturated carbocycles. The summed E-state index contributed by atoms with van der Waals surface area (Å²) < 4.78 is 10.5. The first kappa shape index (κ1) is 22.8. The SMILES string of the molecule is CCOC(=O)/C=C(\C)C1CCN(Cc2ccc3c(c2)N(COC)c2nccnc2S3)CC1. The van der Waals surface area contributed by atoms with Crippen LogP contribution in [0.15, 0.2) is 52.2 Å². The normalized spacial score (nSPS) is 17.1. The minimum atomic E-state index is -0.230. The lowest BCUT2D eigenvalue weighted by Gasteiger charge is -2.33. The maximum atomic E-state index is 11.7. The van der Waals surface area contributed by atoms with E-state index in [2.05, 4.69) is 38.0 Å². The summed E-state index contributed by atoms with van der Waals surface area (Å²) in [6, 6.07) is 6.63. The summed E-state index contributed by atoms with van der Waals surface area (Å²) in [6.07, 6.45) is 7.22. The number of hydrogen-bond acceptors (Lipinski definition) is 8. The van der Waals surface area contributed by atoms with Gasteiger partial charge in [-0.15, -0.1) is 0 Å². The van der Waals surface area contributed by atoms with Gasteiger partial charge >= 0.3 is 5.97 Å². The highest BCUT2D eigenvalue weighted by molar-refractivity contribution is 7.99. The molecule has 2 aliphatic rings. The van der Waals surface area contributed by atoms with Crippen LogP contribution in [-0.2, 0) is 20.8 Å². The number of ether oxygens (including phenoxy) is 2. The van der Waals surface area contributed by atoms with E-state index in [-0.39, 0.29) is 5.97 Å². The van der Waals surface area contributed by atoms with Crippen LogP contribution in [-0.4, -0.2) is 54.4 Å². The summed E-state index contributed by atoms with van der Waals surface area (Å²) >= 11 is 1.65. The number of piperidine rings is 1. The van der Waals surface area contributed by atoms with Crippen LogP contribution >= 0.6 is 11.8 Å². The number of nitrogens with zero attached hydrogens (tertiary/aromatic N) is 4. The van der Waals surface area contributed by atoms with E-state index in [1.165, 1.54) is 5.56 Å². The van der Waals surface area contributed by atoms with E-state index in [9.17, 15) is 4.79 Å². The molecule has 1 aromatic carbocycles. The van der Waals surface area contributed by atoms with Crippen molar-refractivity contribution in [3.63, 3.8) is 0 Å². The highest BCUT2D eigenvalue weighted by Gasteiger charge is 2.26. The largest absolute Gasteiger partial charge is 0.463 e. The Morgan fingerprint density at radius 3 is 2.78 bits per heavy atom. The Kier molecular flexibility index (Phi) is 7.44. The molecule has 3 heterocycles. The number of benzene rings is 1. The molecule has 0 atom stereocenters. The van der Waals surface area contributed by atoms with E-state index in [1.54, 1.807) is 37.3 Å². The van der Waals surface area contributed by atoms with Gasteiger partial charge in [0.2, 0.25) is 0 Å². The van der Waals surface area contributed by atoms with Crippen molar-refractivity contribution in [2.75, 3.05) is 38.4 Å². The number of fused-ring (bicyclic) bond motifs is 2. The topological polar surface area (TPSA) is 67.8 Å². The van der Waals surface area contributed by atoms with Crippen LogP contribution in [0.1, 0.15) is 32.3 Å². The van der Waals surface area contributed by atoms with E-state index in [4.69, 9.17) is 9.47 Å². The molecule has 2 aliphatic heterocycles. The van der Waals surface area contributed by atoms with Gasteiger partial charge < -0.3 is 9.47 Å². The van der Waals surface area contributed by atoms with Gasteiger partial charge in [-0.05, 0) is 63.4 Å². The van der Waals surface area contributed by atoms with Gasteiger partial charge in [-0.2, -0.15) is 0 Å². The molecule has 0 N–H and O–H groups in total. The number of rotatable bonds is 7. The van der Waals surface area contributed by atoms with Crippen molar-refractivity contribution in [2.45, 2.75) is 43.2 Å². The summed E-state index contributed by atoms with van der Waals surface area (Å²) in [5.41, 5.74) is 3.52. The molecule has 8 heteroatoms. The van der Waals surface area contributed by atoms with Gasteiger partial charge in [-0.3, -0.25) is 9.80 Å². The summed E-state index contributed by atoms with van der Waals surface area (Å²) in [7, 11) is 1.70. The molecular weight excluding hydrogens is 424 g/mol. The Balaban J connectivity index is 1.42. The monoisotopic (exact) mass is 454 g/mol. The third-order valence-corrected chi connectivity index (χ3v) is 7.00. The van der Waals surface area contributed by atoms with Crippen LogP contribution in [0.2, 0.25) is 0 Å². The number of carbonyl (C=O) groups is 1. The number of esters is 1. The van der Waals surface area contributed by atoms with Crippen LogP contribution < -0.4 is 4.90 Å². The summed E-state index contributed by atoms with van der Waals surface area (Å²) in [5.74, 6) is 1.06. The Morgan fingerprint density at radius 1 is 1.25 bits per heavy atom. The van der Waals surface area contributed by atoms with Crippen LogP contribution in [0, 0.1) is 5.92 Å². The summed E-state index contributed by atoms with van der Waals surface area (Å²) in [6.45, 7) is 7.66. The zero-order valence-corrected chi connectivity index (χ0v) is 19.7. The predicted molar refractivity (Wildman–Crippen MR) is 125 cm³/mol. The average molecular weight is 455 g/mol. The minimum absolute atomic E-state index is 0.230. The maximum Gasteiger partial charge on any atom is 0.330 e. The zero-order valence-electron chi connectivity index (χ0n) is 18.9. The number of likely N-dealkylation sites (tertiary alicyclic amines) is 1. The highest BCUT2D eigenvalue weighted by atomic mass is 32.2. The molecular formula is C24H30N4O3S. The zero-order chi connectivity index (χ0) is 22.5. The second-order valence-corrected chi connectivity index (χ2v) is 9.16. The Labute approximate surface area is 193 Å². The van der Waals surface area contributed by atoms with Crippen molar-refractivity contribution in [3.8, 4) is 0 Å². The number of anilines is 2. The number of allylic oxidation sites excluding steroid dienone is 1. The van der Waals surface area contributed by atoms with Crippen LogP contribution in [0.3, 0.4) is 0 Å². The second kappa shape index (κ2) is 10.5. The van der Waals surface area contributed by atoms with Crippen LogP contribution in [0.5, 0.6) is 0 Å². The van der Waals surface area contributed by atoms with Crippen molar-refractivity contribution >= 4 is 29.2 Å². The lowest BCUT2D eigenvalue weighted by Crippen LogP contribution is -2.33. The smallest absolute Gasteiger partial charge is 0.330 e. The minimum Gasteiger partial charge on any atom is -0.463 e.